The van der Waals surface area contributed by atoms with Crippen LogP contribution in [0.3, 0.4) is 0 Å². The first-order valence-electron chi connectivity index (χ1n) is 4.21. The standard InChI is InChI=1S/C9H12BFO3/c1-9(2,12)8-6(10(13)14)4-3-5-7(8)11/h3-5,12-14H,1-2H3. The summed E-state index contributed by atoms with van der Waals surface area (Å²) < 4.78 is 13.3. The van der Waals surface area contributed by atoms with Gasteiger partial charge in [0.15, 0.2) is 0 Å². The lowest BCUT2D eigenvalue weighted by Gasteiger charge is -2.22. The van der Waals surface area contributed by atoms with Crippen LogP contribution in [0, 0.1) is 5.82 Å². The van der Waals surface area contributed by atoms with E-state index < -0.39 is 18.5 Å². The van der Waals surface area contributed by atoms with Crippen LogP contribution in [0.1, 0.15) is 19.4 Å². The Hall–Kier alpha value is -0.905. The van der Waals surface area contributed by atoms with Crippen molar-refractivity contribution in [2.75, 3.05) is 0 Å². The highest BCUT2D eigenvalue weighted by Crippen LogP contribution is 2.20. The van der Waals surface area contributed by atoms with E-state index in [0.29, 0.717) is 0 Å². The zero-order chi connectivity index (χ0) is 10.9. The Morgan fingerprint density at radius 1 is 1.29 bits per heavy atom. The molecule has 1 aromatic carbocycles. The van der Waals surface area contributed by atoms with Gasteiger partial charge in [-0.05, 0) is 25.4 Å². The van der Waals surface area contributed by atoms with Gasteiger partial charge >= 0.3 is 7.12 Å². The molecule has 0 aromatic heterocycles. The van der Waals surface area contributed by atoms with Crippen molar-refractivity contribution < 1.29 is 19.5 Å². The van der Waals surface area contributed by atoms with Gasteiger partial charge in [-0.2, -0.15) is 0 Å². The van der Waals surface area contributed by atoms with Crippen molar-refractivity contribution in [3.63, 3.8) is 0 Å². The van der Waals surface area contributed by atoms with Crippen molar-refractivity contribution in [1.29, 1.82) is 0 Å². The Morgan fingerprint density at radius 2 is 1.86 bits per heavy atom. The van der Waals surface area contributed by atoms with Crippen LogP contribution in [0.4, 0.5) is 4.39 Å². The molecule has 76 valence electrons. The van der Waals surface area contributed by atoms with E-state index in [1.807, 2.05) is 0 Å². The first-order valence-corrected chi connectivity index (χ1v) is 4.21. The van der Waals surface area contributed by atoms with Crippen molar-refractivity contribution in [3.05, 3.63) is 29.6 Å². The monoisotopic (exact) mass is 198 g/mol. The van der Waals surface area contributed by atoms with E-state index in [1.54, 1.807) is 0 Å². The first kappa shape index (κ1) is 11.2. The highest BCUT2D eigenvalue weighted by molar-refractivity contribution is 6.59. The molecule has 0 atom stereocenters. The van der Waals surface area contributed by atoms with E-state index in [4.69, 9.17) is 10.0 Å². The predicted octanol–water partition coefficient (Wildman–Crippen LogP) is -0.267. The van der Waals surface area contributed by atoms with E-state index in [1.165, 1.54) is 32.0 Å². The van der Waals surface area contributed by atoms with Gasteiger partial charge in [-0.25, -0.2) is 4.39 Å². The van der Waals surface area contributed by atoms with Crippen LogP contribution in [0.5, 0.6) is 0 Å². The van der Waals surface area contributed by atoms with Gasteiger partial charge in [0.1, 0.15) is 5.82 Å². The highest BCUT2D eigenvalue weighted by Gasteiger charge is 2.28. The maximum absolute atomic E-state index is 13.3. The minimum atomic E-state index is -1.79. The predicted molar refractivity (Wildman–Crippen MR) is 51.5 cm³/mol. The summed E-state index contributed by atoms with van der Waals surface area (Å²) in [6.45, 7) is 2.77. The second-order valence-corrected chi connectivity index (χ2v) is 3.64. The van der Waals surface area contributed by atoms with Crippen molar-refractivity contribution in [3.8, 4) is 0 Å². The van der Waals surface area contributed by atoms with Crippen molar-refractivity contribution in [1.82, 2.24) is 0 Å². The first-order chi connectivity index (χ1) is 6.34. The van der Waals surface area contributed by atoms with Crippen LogP contribution in [-0.4, -0.2) is 22.3 Å². The number of halogens is 1. The number of benzene rings is 1. The molecule has 14 heavy (non-hydrogen) atoms. The van der Waals surface area contributed by atoms with Crippen molar-refractivity contribution in [2.24, 2.45) is 0 Å². The molecule has 3 nitrogen and oxygen atoms in total. The summed E-state index contributed by atoms with van der Waals surface area (Å²) in [5.74, 6) is -0.650. The molecule has 1 rings (SSSR count). The Labute approximate surface area is 82.0 Å². The molecule has 0 unspecified atom stereocenters. The molecule has 0 fully saturated rings. The Balaban J connectivity index is 3.38. The average Bonchev–Trinajstić information content (AvgIpc) is 2.01. The SMILES string of the molecule is CC(C)(O)c1c(F)cccc1B(O)O. The Kier molecular flexibility index (Phi) is 2.94. The molecule has 0 aliphatic rings. The Bertz CT molecular complexity index is 333. The zero-order valence-corrected chi connectivity index (χ0v) is 8.03. The molecule has 0 radical (unpaired) electrons. The van der Waals surface area contributed by atoms with Gasteiger partial charge in [-0.1, -0.05) is 12.1 Å². The maximum Gasteiger partial charge on any atom is 0.488 e. The Morgan fingerprint density at radius 3 is 2.21 bits per heavy atom. The summed E-state index contributed by atoms with van der Waals surface area (Å²) in [5.41, 5.74) is -1.54. The number of hydrogen-bond acceptors (Lipinski definition) is 3. The fourth-order valence-corrected chi connectivity index (χ4v) is 1.40. The summed E-state index contributed by atoms with van der Waals surface area (Å²) in [4.78, 5) is 0. The smallest absolute Gasteiger partial charge is 0.423 e. The second kappa shape index (κ2) is 3.69. The molecule has 0 spiro atoms. The van der Waals surface area contributed by atoms with Gasteiger partial charge in [-0.3, -0.25) is 0 Å². The summed E-state index contributed by atoms with van der Waals surface area (Å²) in [6.07, 6.45) is 0. The summed E-state index contributed by atoms with van der Waals surface area (Å²) >= 11 is 0. The van der Waals surface area contributed by atoms with Crippen LogP contribution in [0.2, 0.25) is 0 Å². The van der Waals surface area contributed by atoms with E-state index in [-0.39, 0.29) is 11.0 Å². The molecule has 5 heteroatoms. The van der Waals surface area contributed by atoms with Gasteiger partial charge in [0.2, 0.25) is 0 Å². The fraction of sp³-hybridized carbons (Fsp3) is 0.333. The fourth-order valence-electron chi connectivity index (χ4n) is 1.40. The molecule has 0 amide bonds. The second-order valence-electron chi connectivity index (χ2n) is 3.64. The minimum Gasteiger partial charge on any atom is -0.423 e. The lowest BCUT2D eigenvalue weighted by Crippen LogP contribution is -2.39. The topological polar surface area (TPSA) is 60.7 Å². The van der Waals surface area contributed by atoms with E-state index in [0.717, 1.165) is 0 Å². The van der Waals surface area contributed by atoms with Crippen LogP contribution >= 0.6 is 0 Å². The number of aliphatic hydroxyl groups is 1. The molecule has 0 aliphatic carbocycles. The van der Waals surface area contributed by atoms with Crippen LogP contribution < -0.4 is 5.46 Å². The van der Waals surface area contributed by atoms with Gasteiger partial charge in [0.25, 0.3) is 0 Å². The third-order valence-electron chi connectivity index (χ3n) is 1.94. The molecule has 0 saturated heterocycles. The third-order valence-corrected chi connectivity index (χ3v) is 1.94. The van der Waals surface area contributed by atoms with Crippen molar-refractivity contribution in [2.45, 2.75) is 19.4 Å². The normalized spacial score (nSPS) is 11.6. The molecule has 1 aromatic rings. The molecular weight excluding hydrogens is 186 g/mol. The number of rotatable bonds is 2. The van der Waals surface area contributed by atoms with Gasteiger partial charge in [0.05, 0.1) is 5.60 Å². The zero-order valence-electron chi connectivity index (χ0n) is 8.03. The lowest BCUT2D eigenvalue weighted by atomic mass is 9.73. The minimum absolute atomic E-state index is 0.0162. The third kappa shape index (κ3) is 2.12. The summed E-state index contributed by atoms with van der Waals surface area (Å²) in [5, 5.41) is 27.6. The largest absolute Gasteiger partial charge is 0.488 e. The van der Waals surface area contributed by atoms with Gasteiger partial charge in [0, 0.05) is 5.56 Å². The van der Waals surface area contributed by atoms with Gasteiger partial charge < -0.3 is 15.2 Å². The van der Waals surface area contributed by atoms with Gasteiger partial charge in [-0.15, -0.1) is 0 Å². The molecule has 0 heterocycles. The molecule has 3 N–H and O–H groups in total. The van der Waals surface area contributed by atoms with Crippen molar-refractivity contribution >= 4 is 12.6 Å². The molecule has 0 aliphatic heterocycles. The lowest BCUT2D eigenvalue weighted by molar-refractivity contribution is 0.0753. The van der Waals surface area contributed by atoms with E-state index in [2.05, 4.69) is 0 Å². The number of hydrogen-bond donors (Lipinski definition) is 3. The average molecular weight is 198 g/mol. The van der Waals surface area contributed by atoms with Crippen LogP contribution in [0.25, 0.3) is 0 Å². The molecule has 0 bridgehead atoms. The van der Waals surface area contributed by atoms with E-state index in [9.17, 15) is 9.50 Å². The molecular formula is C9H12BFO3. The summed E-state index contributed by atoms with van der Waals surface area (Å²) in [7, 11) is -1.79. The quantitative estimate of drug-likeness (QED) is 0.573. The highest BCUT2D eigenvalue weighted by atomic mass is 19.1. The maximum atomic E-state index is 13.3. The van der Waals surface area contributed by atoms with Crippen LogP contribution in [-0.2, 0) is 5.60 Å². The van der Waals surface area contributed by atoms with Crippen LogP contribution in [0.15, 0.2) is 18.2 Å². The van der Waals surface area contributed by atoms with E-state index >= 15 is 0 Å². The molecule has 0 saturated carbocycles. The summed E-state index contributed by atoms with van der Waals surface area (Å²) in [6, 6.07) is 3.89.